The van der Waals surface area contributed by atoms with E-state index >= 15 is 0 Å². The van der Waals surface area contributed by atoms with Gasteiger partial charge in [0.15, 0.2) is 6.61 Å². The van der Waals surface area contributed by atoms with Crippen LogP contribution in [0.2, 0.25) is 0 Å². The van der Waals surface area contributed by atoms with Gasteiger partial charge >= 0.3 is 0 Å². The van der Waals surface area contributed by atoms with Crippen molar-refractivity contribution in [1.82, 2.24) is 15.8 Å². The lowest BCUT2D eigenvalue weighted by atomic mass is 10.1. The average Bonchev–Trinajstić information content (AvgIpc) is 2.53. The van der Waals surface area contributed by atoms with Gasteiger partial charge in [-0.1, -0.05) is 24.3 Å². The minimum atomic E-state index is -0.485. The van der Waals surface area contributed by atoms with Crippen LogP contribution in [0.3, 0.4) is 0 Å². The zero-order chi connectivity index (χ0) is 15.9. The lowest BCUT2D eigenvalue weighted by Gasteiger charge is -2.12. The molecule has 2 N–H and O–H groups in total. The molecular weight excluding hydrogens is 282 g/mol. The van der Waals surface area contributed by atoms with E-state index in [1.54, 1.807) is 18.2 Å². The Hall–Kier alpha value is -2.89. The summed E-state index contributed by atoms with van der Waals surface area (Å²) in [6.45, 7) is 3.63. The molecule has 2 amide bonds. The second kappa shape index (κ2) is 7.21. The summed E-state index contributed by atoms with van der Waals surface area (Å²) in [5.74, 6) is -0.262. The highest BCUT2D eigenvalue weighted by Crippen LogP contribution is 2.21. The molecule has 0 aliphatic rings. The highest BCUT2D eigenvalue weighted by atomic mass is 16.5. The van der Waals surface area contributed by atoms with Crippen LogP contribution in [0.25, 0.3) is 0 Å². The predicted octanol–water partition coefficient (Wildman–Crippen LogP) is 1.54. The second-order valence-corrected chi connectivity index (χ2v) is 4.73. The number of aryl methyl sites for hydroxylation is 2. The number of carbonyl (C=O) groups is 2. The zero-order valence-corrected chi connectivity index (χ0v) is 12.4. The van der Waals surface area contributed by atoms with E-state index < -0.39 is 11.8 Å². The topological polar surface area (TPSA) is 80.3 Å². The third-order valence-electron chi connectivity index (χ3n) is 2.97. The van der Waals surface area contributed by atoms with Gasteiger partial charge in [0.1, 0.15) is 11.4 Å². The number of nitrogens with zero attached hydrogens (tertiary/aromatic N) is 1. The number of amides is 2. The van der Waals surface area contributed by atoms with Crippen molar-refractivity contribution in [3.8, 4) is 5.75 Å². The molecule has 0 bridgehead atoms. The maximum absolute atomic E-state index is 11.7. The molecule has 0 saturated carbocycles. The van der Waals surface area contributed by atoms with E-state index in [-0.39, 0.29) is 12.3 Å². The number of aromatic nitrogens is 1. The minimum absolute atomic E-state index is 0.186. The number of ether oxygens (including phenoxy) is 1. The molecule has 0 aliphatic carbocycles. The first-order valence-corrected chi connectivity index (χ1v) is 6.77. The van der Waals surface area contributed by atoms with Gasteiger partial charge in [0.2, 0.25) is 0 Å². The molecule has 0 atom stereocenters. The summed E-state index contributed by atoms with van der Waals surface area (Å²) >= 11 is 0. The van der Waals surface area contributed by atoms with Gasteiger partial charge in [0.25, 0.3) is 11.8 Å². The van der Waals surface area contributed by atoms with Gasteiger partial charge in [-0.25, -0.2) is 0 Å². The first kappa shape index (κ1) is 15.5. The summed E-state index contributed by atoms with van der Waals surface area (Å²) in [5, 5.41) is 0. The van der Waals surface area contributed by atoms with Crippen molar-refractivity contribution < 1.29 is 14.3 Å². The minimum Gasteiger partial charge on any atom is -0.483 e. The van der Waals surface area contributed by atoms with Crippen LogP contribution >= 0.6 is 0 Å². The summed E-state index contributed by atoms with van der Waals surface area (Å²) in [5.41, 5.74) is 6.69. The SMILES string of the molecule is Cc1cccc(C)c1OCC(=O)NNC(=O)c1ccccn1. The summed E-state index contributed by atoms with van der Waals surface area (Å²) in [6.07, 6.45) is 1.50. The number of hydrogen-bond donors (Lipinski definition) is 2. The van der Waals surface area contributed by atoms with Crippen molar-refractivity contribution in [1.29, 1.82) is 0 Å². The van der Waals surface area contributed by atoms with Gasteiger partial charge < -0.3 is 4.74 Å². The molecule has 1 aromatic heterocycles. The van der Waals surface area contributed by atoms with Gasteiger partial charge in [-0.2, -0.15) is 0 Å². The van der Waals surface area contributed by atoms with Crippen LogP contribution in [0.5, 0.6) is 5.75 Å². The van der Waals surface area contributed by atoms with Crippen LogP contribution in [0, 0.1) is 13.8 Å². The molecule has 0 spiro atoms. The monoisotopic (exact) mass is 299 g/mol. The summed E-state index contributed by atoms with van der Waals surface area (Å²) < 4.78 is 5.49. The second-order valence-electron chi connectivity index (χ2n) is 4.73. The quantitative estimate of drug-likeness (QED) is 0.839. The Morgan fingerprint density at radius 3 is 2.41 bits per heavy atom. The third-order valence-corrected chi connectivity index (χ3v) is 2.97. The maximum atomic E-state index is 11.7. The normalized spacial score (nSPS) is 9.91. The van der Waals surface area contributed by atoms with E-state index in [0.29, 0.717) is 5.75 Å². The lowest BCUT2D eigenvalue weighted by molar-refractivity contribution is -0.123. The molecule has 114 valence electrons. The number of hydrogen-bond acceptors (Lipinski definition) is 4. The van der Waals surface area contributed by atoms with Crippen LogP contribution in [0.15, 0.2) is 42.6 Å². The number of nitrogens with one attached hydrogen (secondary N) is 2. The van der Waals surface area contributed by atoms with Crippen LogP contribution in [0.4, 0.5) is 0 Å². The fourth-order valence-electron chi connectivity index (χ4n) is 1.89. The Morgan fingerprint density at radius 1 is 1.05 bits per heavy atom. The summed E-state index contributed by atoms with van der Waals surface area (Å²) in [7, 11) is 0. The first-order valence-electron chi connectivity index (χ1n) is 6.77. The van der Waals surface area contributed by atoms with Crippen LogP contribution < -0.4 is 15.6 Å². The van der Waals surface area contributed by atoms with E-state index in [9.17, 15) is 9.59 Å². The van der Waals surface area contributed by atoms with Crippen molar-refractivity contribution in [3.63, 3.8) is 0 Å². The molecule has 0 radical (unpaired) electrons. The number of rotatable bonds is 4. The molecular formula is C16H17N3O3. The maximum Gasteiger partial charge on any atom is 0.288 e. The molecule has 0 saturated heterocycles. The van der Waals surface area contributed by atoms with E-state index in [1.165, 1.54) is 6.20 Å². The van der Waals surface area contributed by atoms with E-state index in [1.807, 2.05) is 32.0 Å². The van der Waals surface area contributed by atoms with Crippen molar-refractivity contribution in [2.75, 3.05) is 6.61 Å². The number of carbonyl (C=O) groups excluding carboxylic acids is 2. The fourth-order valence-corrected chi connectivity index (χ4v) is 1.89. The molecule has 0 unspecified atom stereocenters. The van der Waals surface area contributed by atoms with Gasteiger partial charge in [-0.15, -0.1) is 0 Å². The number of hydrazine groups is 1. The smallest absolute Gasteiger partial charge is 0.288 e. The van der Waals surface area contributed by atoms with E-state index in [4.69, 9.17) is 4.74 Å². The Balaban J connectivity index is 1.83. The summed E-state index contributed by atoms with van der Waals surface area (Å²) in [6, 6.07) is 10.7. The van der Waals surface area contributed by atoms with Crippen molar-refractivity contribution in [3.05, 3.63) is 59.4 Å². The Labute approximate surface area is 128 Å². The summed E-state index contributed by atoms with van der Waals surface area (Å²) in [4.78, 5) is 27.3. The lowest BCUT2D eigenvalue weighted by Crippen LogP contribution is -2.44. The van der Waals surface area contributed by atoms with Gasteiger partial charge in [0, 0.05) is 6.20 Å². The van der Waals surface area contributed by atoms with Crippen LogP contribution in [0.1, 0.15) is 21.6 Å². The molecule has 2 aromatic rings. The molecule has 22 heavy (non-hydrogen) atoms. The molecule has 2 rings (SSSR count). The van der Waals surface area contributed by atoms with Crippen molar-refractivity contribution in [2.24, 2.45) is 0 Å². The van der Waals surface area contributed by atoms with Crippen LogP contribution in [-0.2, 0) is 4.79 Å². The van der Waals surface area contributed by atoms with Crippen molar-refractivity contribution >= 4 is 11.8 Å². The average molecular weight is 299 g/mol. The third kappa shape index (κ3) is 4.05. The standard InChI is InChI=1S/C16H17N3O3/c1-11-6-5-7-12(2)15(11)22-10-14(20)18-19-16(21)13-8-3-4-9-17-13/h3-9H,10H2,1-2H3,(H,18,20)(H,19,21). The Kier molecular flexibility index (Phi) is 5.08. The Morgan fingerprint density at radius 2 is 1.77 bits per heavy atom. The number of benzene rings is 1. The van der Waals surface area contributed by atoms with Gasteiger partial charge in [-0.05, 0) is 37.1 Å². The van der Waals surface area contributed by atoms with E-state index in [0.717, 1.165) is 11.1 Å². The van der Waals surface area contributed by atoms with E-state index in [2.05, 4.69) is 15.8 Å². The Bertz CT molecular complexity index is 651. The van der Waals surface area contributed by atoms with Gasteiger partial charge in [-0.3, -0.25) is 25.4 Å². The molecule has 1 aromatic carbocycles. The van der Waals surface area contributed by atoms with Gasteiger partial charge in [0.05, 0.1) is 0 Å². The number of pyridine rings is 1. The zero-order valence-electron chi connectivity index (χ0n) is 12.4. The highest BCUT2D eigenvalue weighted by molar-refractivity contribution is 5.93. The van der Waals surface area contributed by atoms with Crippen LogP contribution in [-0.4, -0.2) is 23.4 Å². The fraction of sp³-hybridized carbons (Fsp3) is 0.188. The predicted molar refractivity (Wildman–Crippen MR) is 81.3 cm³/mol. The first-order chi connectivity index (χ1) is 10.6. The molecule has 0 fully saturated rings. The molecule has 0 aliphatic heterocycles. The number of para-hydroxylation sites is 1. The molecule has 6 heteroatoms. The molecule has 1 heterocycles. The molecule has 6 nitrogen and oxygen atoms in total. The largest absolute Gasteiger partial charge is 0.483 e. The highest BCUT2D eigenvalue weighted by Gasteiger charge is 2.10. The van der Waals surface area contributed by atoms with Crippen molar-refractivity contribution in [2.45, 2.75) is 13.8 Å².